The Kier molecular flexibility index (Phi) is 4.42. The number of hydrogen-bond donors (Lipinski definition) is 0. The Morgan fingerprint density at radius 1 is 1.07 bits per heavy atom. The average Bonchev–Trinajstić information content (AvgIpc) is 2.13. The molecule has 0 N–H and O–H groups in total. The van der Waals surface area contributed by atoms with Crippen LogP contribution in [0, 0.1) is 0 Å². The van der Waals surface area contributed by atoms with E-state index < -0.39 is 29.8 Å². The summed E-state index contributed by atoms with van der Waals surface area (Å²) in [6.07, 6.45) is -0.109. The Bertz CT molecular complexity index is 261. The molecule has 0 aromatic rings. The molecule has 0 spiro atoms. The summed E-state index contributed by atoms with van der Waals surface area (Å²) in [6, 6.07) is 0. The topological polar surface area (TPSA) is 34.1 Å². The molecule has 2 nitrogen and oxygen atoms in total. The minimum atomic E-state index is -4.90. The monoisotopic (exact) mass is 228 g/mol. The van der Waals surface area contributed by atoms with Gasteiger partial charge in [0.05, 0.1) is 0 Å². The van der Waals surface area contributed by atoms with Gasteiger partial charge in [0.25, 0.3) is 0 Å². The zero-order valence-electron chi connectivity index (χ0n) is 8.45. The Hall–Kier alpha value is -0.940. The molecule has 0 amide bonds. The lowest BCUT2D eigenvalue weighted by molar-refractivity contribution is -0.207. The summed E-state index contributed by atoms with van der Waals surface area (Å²) in [4.78, 5) is 21.1. The molecule has 0 rings (SSSR count). The van der Waals surface area contributed by atoms with Gasteiger partial charge in [-0.2, -0.15) is 17.6 Å². The van der Waals surface area contributed by atoms with Crippen molar-refractivity contribution in [1.29, 1.82) is 0 Å². The molecule has 0 bridgehead atoms. The van der Waals surface area contributed by atoms with Crippen LogP contribution in [0.4, 0.5) is 17.6 Å². The Labute approximate surface area is 84.6 Å². The molecule has 0 saturated carbocycles. The number of alkyl halides is 4. The molecule has 0 unspecified atom stereocenters. The van der Waals surface area contributed by atoms with Gasteiger partial charge < -0.3 is 0 Å². The third kappa shape index (κ3) is 2.76. The van der Waals surface area contributed by atoms with E-state index in [4.69, 9.17) is 0 Å². The Morgan fingerprint density at radius 3 is 1.87 bits per heavy atom. The van der Waals surface area contributed by atoms with Gasteiger partial charge in [-0.15, -0.1) is 0 Å². The number of hydrogen-bond acceptors (Lipinski definition) is 2. The smallest absolute Gasteiger partial charge is 0.293 e. The van der Waals surface area contributed by atoms with Gasteiger partial charge in [0, 0.05) is 13.3 Å². The van der Waals surface area contributed by atoms with Gasteiger partial charge in [0.2, 0.25) is 11.6 Å². The standard InChI is InChI=1S/C9H12F4O2/c1-3-4-5-7(15)9(12,13)8(10,11)6(2)14/h3-5H2,1-2H3. The largest absolute Gasteiger partial charge is 0.374 e. The number of halogens is 4. The first kappa shape index (κ1) is 14.1. The molecule has 0 aliphatic carbocycles. The molecular weight excluding hydrogens is 216 g/mol. The number of rotatable bonds is 6. The van der Waals surface area contributed by atoms with Gasteiger partial charge in [0.1, 0.15) is 0 Å². The van der Waals surface area contributed by atoms with Gasteiger partial charge in [-0.3, -0.25) is 9.59 Å². The zero-order valence-corrected chi connectivity index (χ0v) is 8.45. The minimum absolute atomic E-state index is 0.0996. The predicted octanol–water partition coefficient (Wildman–Crippen LogP) is 2.61. The summed E-state index contributed by atoms with van der Waals surface area (Å²) in [7, 11) is 0. The predicted molar refractivity (Wildman–Crippen MR) is 45.1 cm³/mol. The van der Waals surface area contributed by atoms with E-state index in [1.54, 1.807) is 6.92 Å². The van der Waals surface area contributed by atoms with E-state index >= 15 is 0 Å². The highest BCUT2D eigenvalue weighted by atomic mass is 19.3. The molecule has 0 aliphatic heterocycles. The SMILES string of the molecule is CCCCC(=O)C(F)(F)C(F)(F)C(C)=O. The number of carbonyl (C=O) groups excluding carboxylic acids is 2. The maximum Gasteiger partial charge on any atom is 0.374 e. The molecule has 6 heteroatoms. The Balaban J connectivity index is 4.80. The van der Waals surface area contributed by atoms with E-state index in [2.05, 4.69) is 0 Å². The first-order chi connectivity index (χ1) is 6.67. The summed E-state index contributed by atoms with van der Waals surface area (Å²) >= 11 is 0. The van der Waals surface area contributed by atoms with Crippen LogP contribution in [-0.2, 0) is 9.59 Å². The highest BCUT2D eigenvalue weighted by Crippen LogP contribution is 2.36. The van der Waals surface area contributed by atoms with Crippen molar-refractivity contribution in [2.75, 3.05) is 0 Å². The van der Waals surface area contributed by atoms with Crippen LogP contribution in [0.2, 0.25) is 0 Å². The molecular formula is C9H12F4O2. The second-order valence-electron chi connectivity index (χ2n) is 3.23. The first-order valence-electron chi connectivity index (χ1n) is 4.47. The summed E-state index contributed by atoms with van der Waals surface area (Å²) in [5.41, 5.74) is 0. The van der Waals surface area contributed by atoms with Crippen molar-refractivity contribution in [3.8, 4) is 0 Å². The third-order valence-electron chi connectivity index (χ3n) is 1.94. The number of Topliss-reactive ketones (excluding diaryl/α,β-unsaturated/α-hetero) is 2. The van der Waals surface area contributed by atoms with E-state index in [1.807, 2.05) is 0 Å². The number of carbonyl (C=O) groups is 2. The van der Waals surface area contributed by atoms with E-state index in [-0.39, 0.29) is 6.42 Å². The normalized spacial score (nSPS) is 12.7. The van der Waals surface area contributed by atoms with Crippen LogP contribution in [0.15, 0.2) is 0 Å². The highest BCUT2D eigenvalue weighted by Gasteiger charge is 2.64. The number of ketones is 2. The van der Waals surface area contributed by atoms with Gasteiger partial charge in [-0.25, -0.2) is 0 Å². The van der Waals surface area contributed by atoms with Crippen molar-refractivity contribution in [3.63, 3.8) is 0 Å². The first-order valence-corrected chi connectivity index (χ1v) is 4.47. The highest BCUT2D eigenvalue weighted by molar-refractivity contribution is 5.95. The van der Waals surface area contributed by atoms with Gasteiger partial charge >= 0.3 is 11.8 Å². The molecule has 0 fully saturated rings. The van der Waals surface area contributed by atoms with Crippen LogP contribution < -0.4 is 0 Å². The van der Waals surface area contributed by atoms with Crippen LogP contribution in [0.1, 0.15) is 33.1 Å². The fourth-order valence-corrected chi connectivity index (χ4v) is 0.891. The minimum Gasteiger partial charge on any atom is -0.293 e. The molecule has 0 aromatic heterocycles. The third-order valence-corrected chi connectivity index (χ3v) is 1.94. The molecule has 0 aromatic carbocycles. The molecule has 0 atom stereocenters. The molecule has 0 radical (unpaired) electrons. The summed E-state index contributed by atoms with van der Waals surface area (Å²) < 4.78 is 51.1. The van der Waals surface area contributed by atoms with E-state index in [0.29, 0.717) is 13.3 Å². The number of unbranched alkanes of at least 4 members (excludes halogenated alkanes) is 1. The lowest BCUT2D eigenvalue weighted by Gasteiger charge is -2.22. The lowest BCUT2D eigenvalue weighted by atomic mass is 10.00. The molecule has 0 saturated heterocycles. The molecule has 15 heavy (non-hydrogen) atoms. The van der Waals surface area contributed by atoms with Crippen molar-refractivity contribution in [2.24, 2.45) is 0 Å². The summed E-state index contributed by atoms with van der Waals surface area (Å²) in [6.45, 7) is 1.97. The van der Waals surface area contributed by atoms with Crippen molar-refractivity contribution in [2.45, 2.75) is 45.0 Å². The Morgan fingerprint density at radius 2 is 1.53 bits per heavy atom. The quantitative estimate of drug-likeness (QED) is 0.655. The second kappa shape index (κ2) is 4.72. The van der Waals surface area contributed by atoms with Crippen LogP contribution in [0.3, 0.4) is 0 Å². The fourth-order valence-electron chi connectivity index (χ4n) is 0.891. The van der Waals surface area contributed by atoms with Crippen molar-refractivity contribution >= 4 is 11.6 Å². The summed E-state index contributed by atoms with van der Waals surface area (Å²) in [5.74, 6) is -13.7. The van der Waals surface area contributed by atoms with Crippen molar-refractivity contribution in [1.82, 2.24) is 0 Å². The molecule has 88 valence electrons. The van der Waals surface area contributed by atoms with E-state index in [0.717, 1.165) is 0 Å². The van der Waals surface area contributed by atoms with E-state index in [9.17, 15) is 27.2 Å². The van der Waals surface area contributed by atoms with Gasteiger partial charge in [-0.05, 0) is 6.42 Å². The lowest BCUT2D eigenvalue weighted by Crippen LogP contribution is -2.51. The molecule has 0 aliphatic rings. The van der Waals surface area contributed by atoms with Crippen LogP contribution in [0.5, 0.6) is 0 Å². The van der Waals surface area contributed by atoms with Crippen molar-refractivity contribution in [3.05, 3.63) is 0 Å². The van der Waals surface area contributed by atoms with Gasteiger partial charge in [-0.1, -0.05) is 13.3 Å². The van der Waals surface area contributed by atoms with Crippen LogP contribution in [-0.4, -0.2) is 23.4 Å². The van der Waals surface area contributed by atoms with Crippen LogP contribution >= 0.6 is 0 Å². The maximum absolute atomic E-state index is 12.8. The van der Waals surface area contributed by atoms with Crippen LogP contribution in [0.25, 0.3) is 0 Å². The maximum atomic E-state index is 12.8. The molecule has 0 heterocycles. The van der Waals surface area contributed by atoms with Crippen molar-refractivity contribution < 1.29 is 27.2 Å². The second-order valence-corrected chi connectivity index (χ2v) is 3.23. The average molecular weight is 228 g/mol. The van der Waals surface area contributed by atoms with E-state index in [1.165, 1.54) is 0 Å². The van der Waals surface area contributed by atoms with Gasteiger partial charge in [0.15, 0.2) is 0 Å². The summed E-state index contributed by atoms with van der Waals surface area (Å²) in [5, 5.41) is 0. The zero-order chi connectivity index (χ0) is 12.3. The fraction of sp³-hybridized carbons (Fsp3) is 0.778.